The lowest BCUT2D eigenvalue weighted by Crippen LogP contribution is -2.07. The van der Waals surface area contributed by atoms with E-state index in [1.807, 2.05) is 0 Å². The zero-order valence-electron chi connectivity index (χ0n) is 9.70. The maximum atomic E-state index is 10.6. The molecule has 0 bridgehead atoms. The lowest BCUT2D eigenvalue weighted by molar-refractivity contribution is -0.139. The van der Waals surface area contributed by atoms with Crippen molar-refractivity contribution in [2.24, 2.45) is 0 Å². The Hall–Kier alpha value is -2.21. The summed E-state index contributed by atoms with van der Waals surface area (Å²) in [5.41, 5.74) is 1.46. The van der Waals surface area contributed by atoms with Crippen molar-refractivity contribution in [2.75, 3.05) is 7.11 Å². The van der Waals surface area contributed by atoms with Crippen molar-refractivity contribution < 1.29 is 19.7 Å². The van der Waals surface area contributed by atoms with Crippen molar-refractivity contribution in [3.05, 3.63) is 30.0 Å². The SMILES string of the molecule is COc1ccc2nccc(C(O)CC(=O)O)c2n1. The zero-order valence-corrected chi connectivity index (χ0v) is 9.70. The van der Waals surface area contributed by atoms with E-state index >= 15 is 0 Å². The highest BCUT2D eigenvalue weighted by atomic mass is 16.5. The molecule has 0 aliphatic rings. The number of aliphatic carboxylic acids is 1. The number of hydrogen-bond acceptors (Lipinski definition) is 5. The van der Waals surface area contributed by atoms with E-state index in [2.05, 4.69) is 9.97 Å². The van der Waals surface area contributed by atoms with Crippen LogP contribution in [0, 0.1) is 0 Å². The van der Waals surface area contributed by atoms with Crippen LogP contribution in [0.25, 0.3) is 11.0 Å². The van der Waals surface area contributed by atoms with Crippen molar-refractivity contribution in [3.63, 3.8) is 0 Å². The minimum Gasteiger partial charge on any atom is -0.481 e. The number of rotatable bonds is 4. The second-order valence-electron chi connectivity index (χ2n) is 3.74. The molecule has 2 aromatic rings. The Bertz CT molecular complexity index is 585. The van der Waals surface area contributed by atoms with Gasteiger partial charge in [-0.05, 0) is 12.1 Å². The number of hydrogen-bond donors (Lipinski definition) is 2. The molecule has 2 aromatic heterocycles. The highest BCUT2D eigenvalue weighted by Crippen LogP contribution is 2.25. The summed E-state index contributed by atoms with van der Waals surface area (Å²) in [6.07, 6.45) is 0.0159. The van der Waals surface area contributed by atoms with Crippen LogP contribution in [0.3, 0.4) is 0 Å². The van der Waals surface area contributed by atoms with Gasteiger partial charge in [-0.1, -0.05) is 0 Å². The number of fused-ring (bicyclic) bond motifs is 1. The molecule has 18 heavy (non-hydrogen) atoms. The molecule has 0 fully saturated rings. The van der Waals surface area contributed by atoms with Gasteiger partial charge in [0, 0.05) is 17.8 Å². The Morgan fingerprint density at radius 2 is 2.22 bits per heavy atom. The molecule has 2 rings (SSSR count). The summed E-state index contributed by atoms with van der Waals surface area (Å²) >= 11 is 0. The molecule has 0 saturated carbocycles. The number of aliphatic hydroxyl groups is 1. The van der Waals surface area contributed by atoms with E-state index in [4.69, 9.17) is 9.84 Å². The Labute approximate surface area is 103 Å². The molecule has 0 saturated heterocycles. The fraction of sp³-hybridized carbons (Fsp3) is 0.250. The fourth-order valence-electron chi connectivity index (χ4n) is 1.69. The largest absolute Gasteiger partial charge is 0.481 e. The first kappa shape index (κ1) is 12.3. The third-order valence-corrected chi connectivity index (χ3v) is 2.53. The molecule has 94 valence electrons. The van der Waals surface area contributed by atoms with Gasteiger partial charge >= 0.3 is 5.97 Å². The monoisotopic (exact) mass is 248 g/mol. The molecule has 6 nitrogen and oxygen atoms in total. The minimum atomic E-state index is -1.12. The average molecular weight is 248 g/mol. The quantitative estimate of drug-likeness (QED) is 0.843. The van der Waals surface area contributed by atoms with E-state index in [1.54, 1.807) is 18.2 Å². The number of methoxy groups -OCH3 is 1. The summed E-state index contributed by atoms with van der Waals surface area (Å²) in [6, 6.07) is 4.92. The third-order valence-electron chi connectivity index (χ3n) is 2.53. The number of carboxylic acid groups (broad SMARTS) is 1. The standard InChI is InChI=1S/C12H12N2O4/c1-18-10-3-2-8-12(14-10)7(4-5-13-8)9(15)6-11(16)17/h2-5,9,15H,6H2,1H3,(H,16,17). The molecule has 1 atom stereocenters. The van der Waals surface area contributed by atoms with Gasteiger partial charge in [0.25, 0.3) is 0 Å². The summed E-state index contributed by atoms with van der Waals surface area (Å²) in [4.78, 5) is 18.9. The Balaban J connectivity index is 2.52. The van der Waals surface area contributed by atoms with Crippen LogP contribution < -0.4 is 4.74 Å². The molecule has 2 N–H and O–H groups in total. The molecule has 0 radical (unpaired) electrons. The molecular formula is C12H12N2O4. The van der Waals surface area contributed by atoms with Crippen LogP contribution in [-0.2, 0) is 4.79 Å². The summed E-state index contributed by atoms with van der Waals surface area (Å²) in [5, 5.41) is 18.6. The Morgan fingerprint density at radius 1 is 1.44 bits per heavy atom. The van der Waals surface area contributed by atoms with E-state index in [0.717, 1.165) is 0 Å². The van der Waals surface area contributed by atoms with E-state index in [9.17, 15) is 9.90 Å². The van der Waals surface area contributed by atoms with E-state index in [-0.39, 0.29) is 6.42 Å². The summed E-state index contributed by atoms with van der Waals surface area (Å²) in [6.45, 7) is 0. The number of carbonyl (C=O) groups is 1. The minimum absolute atomic E-state index is 0.377. The summed E-state index contributed by atoms with van der Waals surface area (Å²) in [5.74, 6) is -0.686. The van der Waals surface area contributed by atoms with E-state index in [0.29, 0.717) is 22.5 Å². The van der Waals surface area contributed by atoms with Gasteiger partial charge in [-0.2, -0.15) is 0 Å². The van der Waals surface area contributed by atoms with Gasteiger partial charge in [-0.25, -0.2) is 4.98 Å². The number of ether oxygens (including phenoxy) is 1. The first-order valence-electron chi connectivity index (χ1n) is 5.31. The van der Waals surface area contributed by atoms with Crippen molar-refractivity contribution >= 4 is 17.0 Å². The van der Waals surface area contributed by atoms with Crippen molar-refractivity contribution in [2.45, 2.75) is 12.5 Å². The van der Waals surface area contributed by atoms with Gasteiger partial charge in [-0.3, -0.25) is 9.78 Å². The number of pyridine rings is 2. The number of aromatic nitrogens is 2. The molecule has 6 heteroatoms. The van der Waals surface area contributed by atoms with Gasteiger partial charge in [-0.15, -0.1) is 0 Å². The van der Waals surface area contributed by atoms with Crippen LogP contribution in [0.1, 0.15) is 18.1 Å². The molecule has 0 spiro atoms. The predicted octanol–water partition coefficient (Wildman–Crippen LogP) is 1.15. The van der Waals surface area contributed by atoms with E-state index in [1.165, 1.54) is 13.3 Å². The summed E-state index contributed by atoms with van der Waals surface area (Å²) in [7, 11) is 1.48. The van der Waals surface area contributed by atoms with Crippen LogP contribution in [0.2, 0.25) is 0 Å². The van der Waals surface area contributed by atoms with Crippen LogP contribution in [0.15, 0.2) is 24.4 Å². The first-order valence-corrected chi connectivity index (χ1v) is 5.31. The van der Waals surface area contributed by atoms with Crippen molar-refractivity contribution in [1.29, 1.82) is 0 Å². The molecule has 0 aliphatic heterocycles. The van der Waals surface area contributed by atoms with Gasteiger partial charge < -0.3 is 14.9 Å². The molecule has 0 aliphatic carbocycles. The lowest BCUT2D eigenvalue weighted by Gasteiger charge is -2.11. The van der Waals surface area contributed by atoms with Crippen LogP contribution in [0.4, 0.5) is 0 Å². The highest BCUT2D eigenvalue weighted by Gasteiger charge is 2.16. The maximum Gasteiger partial charge on any atom is 0.306 e. The molecule has 1 unspecified atom stereocenters. The second-order valence-corrected chi connectivity index (χ2v) is 3.74. The molecule has 0 aromatic carbocycles. The number of nitrogens with zero attached hydrogens (tertiary/aromatic N) is 2. The third kappa shape index (κ3) is 2.38. The lowest BCUT2D eigenvalue weighted by atomic mass is 10.1. The van der Waals surface area contributed by atoms with Crippen LogP contribution >= 0.6 is 0 Å². The highest BCUT2D eigenvalue weighted by molar-refractivity contribution is 5.79. The van der Waals surface area contributed by atoms with Gasteiger partial charge in [0.05, 0.1) is 30.7 Å². The molecular weight excluding hydrogens is 236 g/mol. The molecule has 0 amide bonds. The smallest absolute Gasteiger partial charge is 0.306 e. The fourth-order valence-corrected chi connectivity index (χ4v) is 1.69. The van der Waals surface area contributed by atoms with Crippen LogP contribution in [0.5, 0.6) is 5.88 Å². The Kier molecular flexibility index (Phi) is 3.38. The van der Waals surface area contributed by atoms with Crippen LogP contribution in [-0.4, -0.2) is 33.3 Å². The zero-order chi connectivity index (χ0) is 13.1. The average Bonchev–Trinajstić information content (AvgIpc) is 2.36. The normalized spacial score (nSPS) is 12.3. The molecule has 2 heterocycles. The summed E-state index contributed by atoms with van der Waals surface area (Å²) < 4.78 is 5.00. The van der Waals surface area contributed by atoms with E-state index < -0.39 is 12.1 Å². The number of carboxylic acids is 1. The van der Waals surface area contributed by atoms with Crippen molar-refractivity contribution in [3.8, 4) is 5.88 Å². The van der Waals surface area contributed by atoms with Gasteiger partial charge in [0.1, 0.15) is 0 Å². The maximum absolute atomic E-state index is 10.6. The first-order chi connectivity index (χ1) is 8.61. The van der Waals surface area contributed by atoms with Crippen molar-refractivity contribution in [1.82, 2.24) is 9.97 Å². The predicted molar refractivity (Wildman–Crippen MR) is 63.3 cm³/mol. The number of aliphatic hydroxyl groups excluding tert-OH is 1. The topological polar surface area (TPSA) is 92.5 Å². The van der Waals surface area contributed by atoms with Gasteiger partial charge in [0.15, 0.2) is 0 Å². The van der Waals surface area contributed by atoms with Gasteiger partial charge in [0.2, 0.25) is 5.88 Å². The Morgan fingerprint density at radius 3 is 2.89 bits per heavy atom. The second kappa shape index (κ2) is 4.97.